The molecule has 4 heteroatoms. The lowest BCUT2D eigenvalue weighted by Gasteiger charge is -2.20. The molecular weight excluding hydrogens is 276 g/mol. The molecule has 0 atom stereocenters. The van der Waals surface area contributed by atoms with Crippen LogP contribution in [0.2, 0.25) is 0 Å². The molecule has 1 aromatic carbocycles. The number of rotatable bonds is 11. The highest BCUT2D eigenvalue weighted by Crippen LogP contribution is 2.23. The van der Waals surface area contributed by atoms with E-state index < -0.39 is 0 Å². The third kappa shape index (κ3) is 6.04. The standard InChI is InChI=1S/C18H26N2O2/c1-4-7-14-22-17-11-9-8-10-16(17)19-15-18(21)20(12-5-2)13-6-3/h5-6,8-11,19H,2-4,7,12-15H2,1H3. The molecule has 0 unspecified atom stereocenters. The summed E-state index contributed by atoms with van der Waals surface area (Å²) in [5.74, 6) is 0.783. The molecule has 1 N–H and O–H groups in total. The Morgan fingerprint density at radius 3 is 2.59 bits per heavy atom. The van der Waals surface area contributed by atoms with E-state index in [1.165, 1.54) is 0 Å². The number of nitrogens with one attached hydrogen (secondary N) is 1. The molecule has 0 saturated carbocycles. The van der Waals surface area contributed by atoms with Gasteiger partial charge in [0, 0.05) is 13.1 Å². The van der Waals surface area contributed by atoms with E-state index in [1.807, 2.05) is 24.3 Å². The maximum atomic E-state index is 12.2. The highest BCUT2D eigenvalue weighted by Gasteiger charge is 2.11. The van der Waals surface area contributed by atoms with Crippen molar-refractivity contribution in [3.8, 4) is 5.75 Å². The van der Waals surface area contributed by atoms with Crippen LogP contribution in [-0.4, -0.2) is 37.0 Å². The van der Waals surface area contributed by atoms with Crippen molar-refractivity contribution >= 4 is 11.6 Å². The number of hydrogen-bond acceptors (Lipinski definition) is 3. The van der Waals surface area contributed by atoms with Crippen molar-refractivity contribution < 1.29 is 9.53 Å². The lowest BCUT2D eigenvalue weighted by atomic mass is 10.3. The number of para-hydroxylation sites is 2. The highest BCUT2D eigenvalue weighted by molar-refractivity contribution is 5.81. The van der Waals surface area contributed by atoms with E-state index in [0.29, 0.717) is 19.7 Å². The first-order valence-electron chi connectivity index (χ1n) is 7.68. The van der Waals surface area contributed by atoms with Crippen molar-refractivity contribution in [2.75, 3.05) is 31.6 Å². The van der Waals surface area contributed by atoms with E-state index in [1.54, 1.807) is 17.1 Å². The molecule has 1 amide bonds. The van der Waals surface area contributed by atoms with Crippen molar-refractivity contribution in [2.45, 2.75) is 19.8 Å². The van der Waals surface area contributed by atoms with Crippen LogP contribution in [0, 0.1) is 0 Å². The minimum Gasteiger partial charge on any atom is -0.491 e. The Bertz CT molecular complexity index is 476. The zero-order chi connectivity index (χ0) is 16.2. The smallest absolute Gasteiger partial charge is 0.242 e. The third-order valence-electron chi connectivity index (χ3n) is 3.12. The lowest BCUT2D eigenvalue weighted by molar-refractivity contribution is -0.128. The summed E-state index contributed by atoms with van der Waals surface area (Å²) in [5, 5.41) is 3.15. The molecule has 0 bridgehead atoms. The Morgan fingerprint density at radius 2 is 1.95 bits per heavy atom. The van der Waals surface area contributed by atoms with Crippen molar-refractivity contribution in [3.63, 3.8) is 0 Å². The van der Waals surface area contributed by atoms with Gasteiger partial charge < -0.3 is 15.0 Å². The Hall–Kier alpha value is -2.23. The second kappa shape index (κ2) is 10.5. The number of ether oxygens (including phenoxy) is 1. The summed E-state index contributed by atoms with van der Waals surface area (Å²) in [4.78, 5) is 13.9. The molecule has 0 radical (unpaired) electrons. The van der Waals surface area contributed by atoms with Crippen LogP contribution in [0.5, 0.6) is 5.75 Å². The molecule has 0 aliphatic carbocycles. The molecule has 22 heavy (non-hydrogen) atoms. The minimum absolute atomic E-state index is 0.00293. The van der Waals surface area contributed by atoms with E-state index in [9.17, 15) is 4.79 Å². The fourth-order valence-electron chi connectivity index (χ4n) is 1.94. The predicted molar refractivity (Wildman–Crippen MR) is 92.3 cm³/mol. The first-order chi connectivity index (χ1) is 10.7. The zero-order valence-corrected chi connectivity index (χ0v) is 13.4. The van der Waals surface area contributed by atoms with Crippen molar-refractivity contribution in [1.82, 2.24) is 4.90 Å². The van der Waals surface area contributed by atoms with Crippen molar-refractivity contribution in [2.24, 2.45) is 0 Å². The molecule has 0 saturated heterocycles. The highest BCUT2D eigenvalue weighted by atomic mass is 16.5. The SMILES string of the molecule is C=CCN(CC=C)C(=O)CNc1ccccc1OCCCC. The monoisotopic (exact) mass is 302 g/mol. The normalized spacial score (nSPS) is 9.86. The molecule has 0 heterocycles. The summed E-state index contributed by atoms with van der Waals surface area (Å²) < 4.78 is 5.75. The number of carbonyl (C=O) groups excluding carboxylic acids is 1. The number of amides is 1. The largest absolute Gasteiger partial charge is 0.491 e. The lowest BCUT2D eigenvalue weighted by Crippen LogP contribution is -2.35. The van der Waals surface area contributed by atoms with Gasteiger partial charge >= 0.3 is 0 Å². The van der Waals surface area contributed by atoms with E-state index in [-0.39, 0.29) is 12.5 Å². The van der Waals surface area contributed by atoms with Crippen LogP contribution in [0.4, 0.5) is 5.69 Å². The Morgan fingerprint density at radius 1 is 1.27 bits per heavy atom. The maximum absolute atomic E-state index is 12.2. The number of carbonyl (C=O) groups is 1. The zero-order valence-electron chi connectivity index (χ0n) is 13.4. The van der Waals surface area contributed by atoms with Crippen LogP contribution in [0.15, 0.2) is 49.6 Å². The van der Waals surface area contributed by atoms with Gasteiger partial charge in [-0.15, -0.1) is 13.2 Å². The molecular formula is C18H26N2O2. The molecule has 1 rings (SSSR count). The van der Waals surface area contributed by atoms with Gasteiger partial charge in [0.1, 0.15) is 5.75 Å². The number of nitrogens with zero attached hydrogens (tertiary/aromatic N) is 1. The second-order valence-corrected chi connectivity index (χ2v) is 4.93. The van der Waals surface area contributed by atoms with Gasteiger partial charge in [0.25, 0.3) is 0 Å². The summed E-state index contributed by atoms with van der Waals surface area (Å²) in [6.45, 7) is 11.4. The molecule has 1 aromatic rings. The van der Waals surface area contributed by atoms with E-state index in [0.717, 1.165) is 24.3 Å². The average molecular weight is 302 g/mol. The van der Waals surface area contributed by atoms with Crippen LogP contribution >= 0.6 is 0 Å². The molecule has 4 nitrogen and oxygen atoms in total. The maximum Gasteiger partial charge on any atom is 0.242 e. The van der Waals surface area contributed by atoms with Crippen molar-refractivity contribution in [1.29, 1.82) is 0 Å². The Kier molecular flexibility index (Phi) is 8.50. The molecule has 0 spiro atoms. The van der Waals surface area contributed by atoms with Gasteiger partial charge in [0.05, 0.1) is 18.8 Å². The fraction of sp³-hybridized carbons (Fsp3) is 0.389. The van der Waals surface area contributed by atoms with Gasteiger partial charge in [-0.25, -0.2) is 0 Å². The van der Waals surface area contributed by atoms with Crippen molar-refractivity contribution in [3.05, 3.63) is 49.6 Å². The number of benzene rings is 1. The van der Waals surface area contributed by atoms with Gasteiger partial charge in [-0.2, -0.15) is 0 Å². The number of anilines is 1. The van der Waals surface area contributed by atoms with Gasteiger partial charge in [0.2, 0.25) is 5.91 Å². The summed E-state index contributed by atoms with van der Waals surface area (Å²) in [5.41, 5.74) is 0.837. The number of hydrogen-bond donors (Lipinski definition) is 1. The quantitative estimate of drug-likeness (QED) is 0.502. The van der Waals surface area contributed by atoms with E-state index >= 15 is 0 Å². The molecule has 120 valence electrons. The van der Waals surface area contributed by atoms with Crippen LogP contribution in [0.3, 0.4) is 0 Å². The Labute approximate surface area is 133 Å². The minimum atomic E-state index is 0.00293. The van der Waals surface area contributed by atoms with Crippen LogP contribution in [0.25, 0.3) is 0 Å². The fourth-order valence-corrected chi connectivity index (χ4v) is 1.94. The average Bonchev–Trinajstić information content (AvgIpc) is 2.53. The summed E-state index contributed by atoms with van der Waals surface area (Å²) in [6.07, 6.45) is 5.53. The van der Waals surface area contributed by atoms with Crippen LogP contribution in [0.1, 0.15) is 19.8 Å². The van der Waals surface area contributed by atoms with Gasteiger partial charge in [-0.1, -0.05) is 37.6 Å². The first kappa shape index (κ1) is 17.8. The Balaban J connectivity index is 2.60. The summed E-state index contributed by atoms with van der Waals surface area (Å²) in [7, 11) is 0. The predicted octanol–water partition coefficient (Wildman–Crippen LogP) is 3.48. The van der Waals surface area contributed by atoms with Gasteiger partial charge in [0.15, 0.2) is 0 Å². The first-order valence-corrected chi connectivity index (χ1v) is 7.68. The second-order valence-electron chi connectivity index (χ2n) is 4.93. The van der Waals surface area contributed by atoms with E-state index in [2.05, 4.69) is 25.4 Å². The van der Waals surface area contributed by atoms with Crippen LogP contribution < -0.4 is 10.1 Å². The molecule has 0 aromatic heterocycles. The summed E-state index contributed by atoms with van der Waals surface area (Å²) in [6, 6.07) is 7.67. The third-order valence-corrected chi connectivity index (χ3v) is 3.12. The van der Waals surface area contributed by atoms with Crippen LogP contribution in [-0.2, 0) is 4.79 Å². The molecule has 0 fully saturated rings. The summed E-state index contributed by atoms with van der Waals surface area (Å²) >= 11 is 0. The molecule has 0 aliphatic heterocycles. The topological polar surface area (TPSA) is 41.6 Å². The van der Waals surface area contributed by atoms with Gasteiger partial charge in [-0.3, -0.25) is 4.79 Å². The van der Waals surface area contributed by atoms with E-state index in [4.69, 9.17) is 4.74 Å². The van der Waals surface area contributed by atoms with Gasteiger partial charge in [-0.05, 0) is 18.6 Å². The number of unbranched alkanes of at least 4 members (excludes halogenated alkanes) is 1. The molecule has 0 aliphatic rings.